The Labute approximate surface area is 122 Å². The van der Waals surface area contributed by atoms with Crippen LogP contribution >= 0.6 is 0 Å². The minimum Gasteiger partial charge on any atom is -0.397 e. The topological polar surface area (TPSA) is 97.1 Å². The van der Waals surface area contributed by atoms with Crippen molar-refractivity contribution in [3.8, 4) is 0 Å². The lowest BCUT2D eigenvalue weighted by Gasteiger charge is -2.09. The van der Waals surface area contributed by atoms with Crippen LogP contribution in [-0.2, 0) is 9.59 Å². The summed E-state index contributed by atoms with van der Waals surface area (Å²) in [5.41, 5.74) is 8.34. The third-order valence-electron chi connectivity index (χ3n) is 2.90. The van der Waals surface area contributed by atoms with Gasteiger partial charge in [0.05, 0.1) is 11.4 Å². The molecule has 0 atom stereocenters. The van der Waals surface area contributed by atoms with E-state index in [-0.39, 0.29) is 0 Å². The number of nitrogen functional groups attached to an aromatic ring is 1. The molecular formula is C15H16N4O2. The Morgan fingerprint density at radius 2 is 1.81 bits per heavy atom. The van der Waals surface area contributed by atoms with Crippen LogP contribution in [0, 0.1) is 13.8 Å². The fraction of sp³-hybridized carbons (Fsp3) is 0.133. The molecule has 0 saturated carbocycles. The van der Waals surface area contributed by atoms with Crippen molar-refractivity contribution in [1.29, 1.82) is 0 Å². The Balaban J connectivity index is 2.06. The highest BCUT2D eigenvalue weighted by molar-refractivity contribution is 6.43. The van der Waals surface area contributed by atoms with Crippen LogP contribution < -0.4 is 16.4 Å². The lowest BCUT2D eigenvalue weighted by Crippen LogP contribution is -2.30. The summed E-state index contributed by atoms with van der Waals surface area (Å²) in [5, 5.41) is 4.93. The second-order valence-corrected chi connectivity index (χ2v) is 4.67. The van der Waals surface area contributed by atoms with Gasteiger partial charge >= 0.3 is 11.8 Å². The molecule has 1 aromatic carbocycles. The minimum absolute atomic E-state index is 0.356. The van der Waals surface area contributed by atoms with Crippen molar-refractivity contribution in [1.82, 2.24) is 4.98 Å². The molecule has 4 N–H and O–H groups in total. The number of rotatable bonds is 2. The van der Waals surface area contributed by atoms with Crippen LogP contribution in [0.15, 0.2) is 36.5 Å². The van der Waals surface area contributed by atoms with Crippen LogP contribution in [-0.4, -0.2) is 16.8 Å². The molecule has 1 heterocycles. The molecule has 2 rings (SSSR count). The fourth-order valence-corrected chi connectivity index (χ4v) is 1.76. The van der Waals surface area contributed by atoms with E-state index in [2.05, 4.69) is 15.6 Å². The number of hydrogen-bond donors (Lipinski definition) is 3. The van der Waals surface area contributed by atoms with Gasteiger partial charge in [0.25, 0.3) is 0 Å². The Hall–Kier alpha value is -2.89. The lowest BCUT2D eigenvalue weighted by atomic mass is 10.2. The van der Waals surface area contributed by atoms with E-state index in [9.17, 15) is 9.59 Å². The van der Waals surface area contributed by atoms with Crippen molar-refractivity contribution >= 4 is 29.0 Å². The van der Waals surface area contributed by atoms with Crippen LogP contribution in [0.1, 0.15) is 11.1 Å². The normalized spacial score (nSPS) is 10.0. The summed E-state index contributed by atoms with van der Waals surface area (Å²) in [6.07, 6.45) is 1.54. The number of amides is 2. The first-order chi connectivity index (χ1) is 9.97. The zero-order chi connectivity index (χ0) is 15.4. The molecule has 0 spiro atoms. The van der Waals surface area contributed by atoms with E-state index >= 15 is 0 Å². The number of nitrogens with zero attached hydrogens (tertiary/aromatic N) is 1. The number of nitrogens with two attached hydrogens (primary N) is 1. The summed E-state index contributed by atoms with van der Waals surface area (Å²) in [4.78, 5) is 27.7. The highest BCUT2D eigenvalue weighted by Gasteiger charge is 2.16. The first-order valence-corrected chi connectivity index (χ1v) is 6.37. The van der Waals surface area contributed by atoms with Gasteiger partial charge in [0.1, 0.15) is 5.82 Å². The maximum absolute atomic E-state index is 11.9. The van der Waals surface area contributed by atoms with Gasteiger partial charge in [-0.05, 0) is 43.2 Å². The maximum Gasteiger partial charge on any atom is 0.315 e. The molecule has 21 heavy (non-hydrogen) atoms. The Kier molecular flexibility index (Phi) is 4.18. The number of anilines is 3. The maximum atomic E-state index is 11.9. The largest absolute Gasteiger partial charge is 0.397 e. The number of pyridine rings is 1. The molecule has 0 bridgehead atoms. The van der Waals surface area contributed by atoms with Gasteiger partial charge in [0, 0.05) is 6.20 Å². The van der Waals surface area contributed by atoms with E-state index in [0.717, 1.165) is 11.1 Å². The fourth-order valence-electron chi connectivity index (χ4n) is 1.76. The van der Waals surface area contributed by atoms with Crippen LogP contribution in [0.5, 0.6) is 0 Å². The van der Waals surface area contributed by atoms with Crippen LogP contribution in [0.4, 0.5) is 17.2 Å². The molecule has 0 aliphatic heterocycles. The highest BCUT2D eigenvalue weighted by Crippen LogP contribution is 2.19. The van der Waals surface area contributed by atoms with Gasteiger partial charge in [-0.15, -0.1) is 0 Å². The number of aromatic nitrogens is 1. The molecule has 1 aromatic heterocycles. The third-order valence-corrected chi connectivity index (χ3v) is 2.90. The zero-order valence-corrected chi connectivity index (χ0v) is 11.8. The molecule has 108 valence electrons. The van der Waals surface area contributed by atoms with Crippen LogP contribution in [0.3, 0.4) is 0 Å². The molecule has 0 unspecified atom stereocenters. The molecule has 0 radical (unpaired) electrons. The lowest BCUT2D eigenvalue weighted by molar-refractivity contribution is -0.133. The van der Waals surface area contributed by atoms with Gasteiger partial charge in [-0.3, -0.25) is 9.59 Å². The van der Waals surface area contributed by atoms with Gasteiger partial charge < -0.3 is 16.4 Å². The van der Waals surface area contributed by atoms with Crippen molar-refractivity contribution in [3.63, 3.8) is 0 Å². The van der Waals surface area contributed by atoms with E-state index < -0.39 is 11.8 Å². The smallest absolute Gasteiger partial charge is 0.315 e. The number of aryl methyl sites for hydroxylation is 2. The van der Waals surface area contributed by atoms with Crippen molar-refractivity contribution in [2.75, 3.05) is 16.4 Å². The monoisotopic (exact) mass is 284 g/mol. The van der Waals surface area contributed by atoms with Crippen molar-refractivity contribution < 1.29 is 9.59 Å². The second kappa shape index (κ2) is 6.04. The molecule has 0 aliphatic carbocycles. The van der Waals surface area contributed by atoms with Crippen molar-refractivity contribution in [3.05, 3.63) is 47.7 Å². The van der Waals surface area contributed by atoms with Gasteiger partial charge in [-0.1, -0.05) is 12.1 Å². The molecule has 2 amide bonds. The molecule has 6 heteroatoms. The average Bonchev–Trinajstić information content (AvgIpc) is 2.44. The summed E-state index contributed by atoms with van der Waals surface area (Å²) >= 11 is 0. The predicted molar refractivity (Wildman–Crippen MR) is 81.8 cm³/mol. The van der Waals surface area contributed by atoms with E-state index in [0.29, 0.717) is 17.2 Å². The summed E-state index contributed by atoms with van der Waals surface area (Å²) < 4.78 is 0. The minimum atomic E-state index is -0.796. The molecule has 2 aromatic rings. The number of benzene rings is 1. The second-order valence-electron chi connectivity index (χ2n) is 4.67. The van der Waals surface area contributed by atoms with E-state index in [1.807, 2.05) is 6.92 Å². The van der Waals surface area contributed by atoms with Gasteiger partial charge in [-0.25, -0.2) is 4.98 Å². The van der Waals surface area contributed by atoms with Gasteiger partial charge in [0.15, 0.2) is 0 Å². The first kappa shape index (κ1) is 14.5. The predicted octanol–water partition coefficient (Wildman–Crippen LogP) is 1.86. The summed E-state index contributed by atoms with van der Waals surface area (Å²) in [6, 6.07) is 8.71. The SMILES string of the molecule is Cc1ccc(NC(=O)C(=O)Nc2ncccc2C)c(N)c1. The average molecular weight is 284 g/mol. The number of nitrogens with one attached hydrogen (secondary N) is 2. The molecular weight excluding hydrogens is 268 g/mol. The Bertz CT molecular complexity index is 698. The highest BCUT2D eigenvalue weighted by atomic mass is 16.2. The molecule has 0 fully saturated rings. The summed E-state index contributed by atoms with van der Waals surface area (Å²) in [6.45, 7) is 3.68. The first-order valence-electron chi connectivity index (χ1n) is 6.37. The standard InChI is InChI=1S/C15H16N4O2/c1-9-5-6-12(11(16)8-9)18-14(20)15(21)19-13-10(2)4-3-7-17-13/h3-8H,16H2,1-2H3,(H,18,20)(H,17,19,21). The number of carbonyl (C=O) groups excluding carboxylic acids is 2. The number of hydrogen-bond acceptors (Lipinski definition) is 4. The van der Waals surface area contributed by atoms with Crippen LogP contribution in [0.2, 0.25) is 0 Å². The third kappa shape index (κ3) is 3.56. The summed E-state index contributed by atoms with van der Waals surface area (Å²) in [7, 11) is 0. The molecule has 0 aliphatic rings. The van der Waals surface area contributed by atoms with Crippen molar-refractivity contribution in [2.24, 2.45) is 0 Å². The molecule has 6 nitrogen and oxygen atoms in total. The summed E-state index contributed by atoms with van der Waals surface area (Å²) in [5.74, 6) is -1.23. The van der Waals surface area contributed by atoms with Gasteiger partial charge in [0.2, 0.25) is 0 Å². The van der Waals surface area contributed by atoms with E-state index in [1.54, 1.807) is 43.5 Å². The Morgan fingerprint density at radius 3 is 2.48 bits per heavy atom. The zero-order valence-electron chi connectivity index (χ0n) is 11.8. The Morgan fingerprint density at radius 1 is 1.10 bits per heavy atom. The van der Waals surface area contributed by atoms with Crippen LogP contribution in [0.25, 0.3) is 0 Å². The molecule has 0 saturated heterocycles. The van der Waals surface area contributed by atoms with Gasteiger partial charge in [-0.2, -0.15) is 0 Å². The quantitative estimate of drug-likeness (QED) is 0.579. The number of carbonyl (C=O) groups is 2. The van der Waals surface area contributed by atoms with E-state index in [1.165, 1.54) is 0 Å². The van der Waals surface area contributed by atoms with Crippen molar-refractivity contribution in [2.45, 2.75) is 13.8 Å². The van der Waals surface area contributed by atoms with E-state index in [4.69, 9.17) is 5.73 Å².